The average molecular weight is 396 g/mol. The van der Waals surface area contributed by atoms with E-state index in [4.69, 9.17) is 0 Å². The van der Waals surface area contributed by atoms with Crippen LogP contribution in [0.5, 0.6) is 0 Å². The van der Waals surface area contributed by atoms with Gasteiger partial charge in [0, 0.05) is 31.3 Å². The second-order valence-corrected chi connectivity index (χ2v) is 8.23. The Morgan fingerprint density at radius 3 is 2.77 bits per heavy atom. The van der Waals surface area contributed by atoms with Crippen molar-refractivity contribution in [3.63, 3.8) is 0 Å². The molecule has 142 valence electrons. The normalized spacial score (nSPS) is 22.2. The number of nitrogens with zero attached hydrogens (tertiary/aromatic N) is 1. The minimum Gasteiger partial charge on any atom is -0.350 e. The second kappa shape index (κ2) is 8.63. The van der Waals surface area contributed by atoms with Gasteiger partial charge >= 0.3 is 0 Å². The number of fused-ring (bicyclic) bond motifs is 1. The number of amides is 2. The summed E-state index contributed by atoms with van der Waals surface area (Å²) in [5.41, 5.74) is 3.78. The first kappa shape index (κ1) is 19.5. The first-order chi connectivity index (χ1) is 12.2. The van der Waals surface area contributed by atoms with Crippen LogP contribution in [0.2, 0.25) is 0 Å². The molecule has 0 radical (unpaired) electrons. The topological polar surface area (TPSA) is 61.4 Å². The third kappa shape index (κ3) is 4.02. The predicted molar refractivity (Wildman–Crippen MR) is 106 cm³/mol. The monoisotopic (exact) mass is 395 g/mol. The van der Waals surface area contributed by atoms with Gasteiger partial charge in [-0.25, -0.2) is 0 Å². The van der Waals surface area contributed by atoms with Crippen LogP contribution in [0, 0.1) is 5.92 Å². The molecule has 0 aromatic heterocycles. The number of hydrogen-bond acceptors (Lipinski definition) is 4. The fourth-order valence-corrected chi connectivity index (χ4v) is 5.21. The summed E-state index contributed by atoms with van der Waals surface area (Å²) in [7, 11) is 0. The number of benzene rings is 1. The lowest BCUT2D eigenvalue weighted by molar-refractivity contribution is -0.141. The molecule has 26 heavy (non-hydrogen) atoms. The molecule has 2 heterocycles. The molecule has 1 aromatic rings. The number of carbonyl (C=O) groups is 2. The Morgan fingerprint density at radius 1 is 1.19 bits per heavy atom. The quantitative estimate of drug-likeness (QED) is 0.821. The van der Waals surface area contributed by atoms with Crippen molar-refractivity contribution in [3.8, 4) is 0 Å². The molecule has 1 unspecified atom stereocenters. The average Bonchev–Trinajstić information content (AvgIpc) is 3.39. The Labute approximate surface area is 165 Å². The highest BCUT2D eigenvalue weighted by Crippen LogP contribution is 2.30. The molecule has 1 aromatic carbocycles. The van der Waals surface area contributed by atoms with E-state index in [1.807, 2.05) is 4.90 Å². The van der Waals surface area contributed by atoms with Crippen LogP contribution >= 0.6 is 24.2 Å². The molecule has 0 spiro atoms. The van der Waals surface area contributed by atoms with E-state index >= 15 is 0 Å². The molecule has 0 bridgehead atoms. The van der Waals surface area contributed by atoms with Gasteiger partial charge in [-0.1, -0.05) is 31.0 Å². The zero-order valence-electron chi connectivity index (χ0n) is 14.8. The Balaban J connectivity index is 0.00000196. The molecule has 2 amide bonds. The molecule has 1 saturated heterocycles. The van der Waals surface area contributed by atoms with Gasteiger partial charge in [-0.05, 0) is 29.5 Å². The van der Waals surface area contributed by atoms with Gasteiger partial charge in [-0.3, -0.25) is 9.59 Å². The summed E-state index contributed by atoms with van der Waals surface area (Å²) < 4.78 is 0. The summed E-state index contributed by atoms with van der Waals surface area (Å²) in [5, 5.41) is 6.38. The Bertz CT molecular complexity index is 679. The molecular formula is C19H26ClN3O2S. The molecule has 3 aliphatic rings. The largest absolute Gasteiger partial charge is 0.350 e. The Hall–Kier alpha value is -1.24. The zero-order chi connectivity index (χ0) is 17.2. The van der Waals surface area contributed by atoms with Crippen LogP contribution in [0.15, 0.2) is 18.2 Å². The van der Waals surface area contributed by atoms with Gasteiger partial charge in [0.25, 0.3) is 0 Å². The fraction of sp³-hybridized carbons (Fsp3) is 0.579. The summed E-state index contributed by atoms with van der Waals surface area (Å²) in [5.74, 6) is 1.66. The van der Waals surface area contributed by atoms with E-state index in [2.05, 4.69) is 28.8 Å². The minimum atomic E-state index is -0.311. The van der Waals surface area contributed by atoms with Crippen LogP contribution in [0.3, 0.4) is 0 Å². The molecule has 1 saturated carbocycles. The maximum Gasteiger partial charge on any atom is 0.243 e. The molecule has 1 atom stereocenters. The van der Waals surface area contributed by atoms with E-state index in [9.17, 15) is 9.59 Å². The number of hydrogen-bond donors (Lipinski definition) is 2. The SMILES string of the molecule is Cl.O=C(NCc1ccc2c(c1)CNC2)C1CSCN1C(=O)C1CCCC1. The highest BCUT2D eigenvalue weighted by molar-refractivity contribution is 7.99. The number of halogens is 1. The molecule has 2 fully saturated rings. The lowest BCUT2D eigenvalue weighted by Crippen LogP contribution is -2.48. The summed E-state index contributed by atoms with van der Waals surface area (Å²) in [6, 6.07) is 6.07. The molecule has 2 aliphatic heterocycles. The standard InChI is InChI=1S/C19H25N3O2S.ClH/c23-18(21-8-13-5-6-15-9-20-10-16(15)7-13)17-11-25-12-22(17)19(24)14-3-1-2-4-14;/h5-7,14,17,20H,1-4,8-12H2,(H,21,23);1H. The molecule has 1 aliphatic carbocycles. The summed E-state index contributed by atoms with van der Waals surface area (Å²) in [6.45, 7) is 2.36. The van der Waals surface area contributed by atoms with E-state index in [1.165, 1.54) is 11.1 Å². The zero-order valence-corrected chi connectivity index (χ0v) is 16.5. The van der Waals surface area contributed by atoms with E-state index < -0.39 is 0 Å². The van der Waals surface area contributed by atoms with Gasteiger partial charge in [0.1, 0.15) is 6.04 Å². The van der Waals surface area contributed by atoms with E-state index in [0.29, 0.717) is 18.2 Å². The van der Waals surface area contributed by atoms with Gasteiger partial charge < -0.3 is 15.5 Å². The Kier molecular flexibility index (Phi) is 6.48. The number of thioether (sulfide) groups is 1. The van der Waals surface area contributed by atoms with Crippen molar-refractivity contribution >= 4 is 36.0 Å². The van der Waals surface area contributed by atoms with Crippen molar-refractivity contribution in [1.82, 2.24) is 15.5 Å². The smallest absolute Gasteiger partial charge is 0.243 e. The molecule has 5 nitrogen and oxygen atoms in total. The fourth-order valence-electron chi connectivity index (χ4n) is 4.05. The number of nitrogens with one attached hydrogen (secondary N) is 2. The van der Waals surface area contributed by atoms with Crippen molar-refractivity contribution in [2.24, 2.45) is 5.92 Å². The molecular weight excluding hydrogens is 370 g/mol. The maximum absolute atomic E-state index is 12.7. The maximum atomic E-state index is 12.7. The van der Waals surface area contributed by atoms with Crippen molar-refractivity contribution in [3.05, 3.63) is 34.9 Å². The molecule has 4 rings (SSSR count). The lowest BCUT2D eigenvalue weighted by Gasteiger charge is -2.25. The van der Waals surface area contributed by atoms with Crippen LogP contribution in [0.25, 0.3) is 0 Å². The molecule has 2 N–H and O–H groups in total. The predicted octanol–water partition coefficient (Wildman–Crippen LogP) is 2.42. The van der Waals surface area contributed by atoms with Crippen LogP contribution in [0.4, 0.5) is 0 Å². The summed E-state index contributed by atoms with van der Waals surface area (Å²) >= 11 is 1.68. The second-order valence-electron chi connectivity index (χ2n) is 7.23. The van der Waals surface area contributed by atoms with E-state index in [0.717, 1.165) is 44.3 Å². The van der Waals surface area contributed by atoms with E-state index in [-0.39, 0.29) is 36.2 Å². The van der Waals surface area contributed by atoms with Crippen LogP contribution in [-0.4, -0.2) is 34.4 Å². The van der Waals surface area contributed by atoms with Gasteiger partial charge in [0.15, 0.2) is 0 Å². The highest BCUT2D eigenvalue weighted by atomic mass is 35.5. The summed E-state index contributed by atoms with van der Waals surface area (Å²) in [4.78, 5) is 27.1. The van der Waals surface area contributed by atoms with Gasteiger partial charge in [-0.15, -0.1) is 24.2 Å². The minimum absolute atomic E-state index is 0. The first-order valence-electron chi connectivity index (χ1n) is 9.20. The van der Waals surface area contributed by atoms with Crippen molar-refractivity contribution in [1.29, 1.82) is 0 Å². The lowest BCUT2D eigenvalue weighted by atomic mass is 10.1. The van der Waals surface area contributed by atoms with Crippen LogP contribution in [0.1, 0.15) is 42.4 Å². The Morgan fingerprint density at radius 2 is 1.96 bits per heavy atom. The number of carbonyl (C=O) groups excluding carboxylic acids is 2. The van der Waals surface area contributed by atoms with Gasteiger partial charge in [-0.2, -0.15) is 0 Å². The summed E-state index contributed by atoms with van der Waals surface area (Å²) in [6.07, 6.45) is 4.25. The van der Waals surface area contributed by atoms with E-state index in [1.54, 1.807) is 11.8 Å². The third-order valence-corrected chi connectivity index (χ3v) is 6.55. The molecule has 7 heteroatoms. The van der Waals surface area contributed by atoms with Crippen molar-refractivity contribution in [2.45, 2.75) is 51.4 Å². The van der Waals surface area contributed by atoms with Crippen molar-refractivity contribution < 1.29 is 9.59 Å². The highest BCUT2D eigenvalue weighted by Gasteiger charge is 2.38. The number of rotatable bonds is 4. The third-order valence-electron chi connectivity index (χ3n) is 5.54. The van der Waals surface area contributed by atoms with Gasteiger partial charge in [0.05, 0.1) is 5.88 Å². The first-order valence-corrected chi connectivity index (χ1v) is 10.3. The van der Waals surface area contributed by atoms with Crippen molar-refractivity contribution in [2.75, 3.05) is 11.6 Å². The van der Waals surface area contributed by atoms with Gasteiger partial charge in [0.2, 0.25) is 11.8 Å². The van der Waals surface area contributed by atoms with Crippen LogP contribution in [-0.2, 0) is 29.2 Å². The van der Waals surface area contributed by atoms with Crippen LogP contribution < -0.4 is 10.6 Å².